The zero-order valence-electron chi connectivity index (χ0n) is 11.8. The maximum absolute atomic E-state index is 13.7. The van der Waals surface area contributed by atoms with Crippen LogP contribution < -0.4 is 5.32 Å². The van der Waals surface area contributed by atoms with Crippen LogP contribution in [-0.2, 0) is 6.54 Å². The van der Waals surface area contributed by atoms with Crippen LogP contribution in [0.5, 0.6) is 0 Å². The van der Waals surface area contributed by atoms with E-state index in [2.05, 4.69) is 15.5 Å². The fraction of sp³-hybridized carbons (Fsp3) is 0.0625. The van der Waals surface area contributed by atoms with E-state index in [1.54, 1.807) is 0 Å². The van der Waals surface area contributed by atoms with Crippen molar-refractivity contribution in [2.75, 3.05) is 0 Å². The first-order valence-corrected chi connectivity index (χ1v) is 7.12. The Balaban J connectivity index is 1.67. The number of carbonyl (C=O) groups excluding carboxylic acids is 1. The number of aromatic nitrogens is 2. The molecule has 23 heavy (non-hydrogen) atoms. The summed E-state index contributed by atoms with van der Waals surface area (Å²) in [6, 6.07) is 13.1. The molecule has 1 heterocycles. The van der Waals surface area contributed by atoms with E-state index >= 15 is 0 Å². The van der Waals surface area contributed by atoms with Crippen molar-refractivity contribution in [3.8, 4) is 11.4 Å². The van der Waals surface area contributed by atoms with Gasteiger partial charge in [0.15, 0.2) is 0 Å². The van der Waals surface area contributed by atoms with E-state index in [9.17, 15) is 9.18 Å². The second kappa shape index (κ2) is 6.58. The molecule has 0 fully saturated rings. The van der Waals surface area contributed by atoms with Gasteiger partial charge in [0.2, 0.25) is 11.7 Å². The number of amides is 1. The summed E-state index contributed by atoms with van der Waals surface area (Å²) in [5, 5.41) is 6.58. The third kappa shape index (κ3) is 3.54. The average Bonchev–Trinajstić information content (AvgIpc) is 3.02. The van der Waals surface area contributed by atoms with Crippen LogP contribution in [0.1, 0.15) is 16.2 Å². The van der Waals surface area contributed by atoms with Gasteiger partial charge in [0.25, 0.3) is 5.91 Å². The lowest BCUT2D eigenvalue weighted by Gasteiger charge is -2.03. The van der Waals surface area contributed by atoms with Crippen LogP contribution in [0.2, 0.25) is 5.02 Å². The number of hydrogen-bond donors (Lipinski definition) is 1. The molecule has 7 heteroatoms. The number of halogens is 2. The monoisotopic (exact) mass is 331 g/mol. The molecule has 0 saturated heterocycles. The van der Waals surface area contributed by atoms with Crippen molar-refractivity contribution in [3.05, 3.63) is 70.8 Å². The Morgan fingerprint density at radius 2 is 2.00 bits per heavy atom. The van der Waals surface area contributed by atoms with Gasteiger partial charge in [-0.25, -0.2) is 4.39 Å². The highest BCUT2D eigenvalue weighted by Crippen LogP contribution is 2.16. The third-order valence-corrected chi connectivity index (χ3v) is 3.31. The molecule has 3 aromatic rings. The van der Waals surface area contributed by atoms with Crippen LogP contribution in [0, 0.1) is 5.82 Å². The van der Waals surface area contributed by atoms with Crippen molar-refractivity contribution in [1.29, 1.82) is 0 Å². The third-order valence-electron chi connectivity index (χ3n) is 3.08. The summed E-state index contributed by atoms with van der Waals surface area (Å²) < 4.78 is 18.7. The standard InChI is InChI=1S/C16H11ClFN3O2/c17-11-6-7-12(13(18)8-11)16(22)19-9-14-20-15(21-23-14)10-4-2-1-3-5-10/h1-8H,9H2,(H,19,22). The van der Waals surface area contributed by atoms with Crippen LogP contribution in [0.15, 0.2) is 53.1 Å². The summed E-state index contributed by atoms with van der Waals surface area (Å²) in [5.74, 6) is -0.622. The fourth-order valence-electron chi connectivity index (χ4n) is 1.96. The number of benzene rings is 2. The predicted octanol–water partition coefficient (Wildman–Crippen LogP) is 3.46. The van der Waals surface area contributed by atoms with Gasteiger partial charge >= 0.3 is 0 Å². The van der Waals surface area contributed by atoms with Crippen LogP contribution in [-0.4, -0.2) is 16.0 Å². The first kappa shape index (κ1) is 15.2. The summed E-state index contributed by atoms with van der Waals surface area (Å²) in [5.41, 5.74) is 0.703. The second-order valence-corrected chi connectivity index (χ2v) is 5.12. The molecule has 2 aromatic carbocycles. The van der Waals surface area contributed by atoms with Crippen LogP contribution >= 0.6 is 11.6 Å². The van der Waals surface area contributed by atoms with Crippen molar-refractivity contribution in [3.63, 3.8) is 0 Å². The Kier molecular flexibility index (Phi) is 4.34. The largest absolute Gasteiger partial charge is 0.343 e. The van der Waals surface area contributed by atoms with Crippen molar-refractivity contribution in [2.45, 2.75) is 6.54 Å². The minimum Gasteiger partial charge on any atom is -0.343 e. The highest BCUT2D eigenvalue weighted by Gasteiger charge is 2.14. The highest BCUT2D eigenvalue weighted by atomic mass is 35.5. The zero-order chi connectivity index (χ0) is 16.2. The Bertz CT molecular complexity index is 836. The predicted molar refractivity (Wildman–Crippen MR) is 82.3 cm³/mol. The molecule has 0 radical (unpaired) electrons. The van der Waals surface area contributed by atoms with Gasteiger partial charge in [0.1, 0.15) is 5.82 Å². The highest BCUT2D eigenvalue weighted by molar-refractivity contribution is 6.30. The van der Waals surface area contributed by atoms with E-state index in [0.29, 0.717) is 5.82 Å². The number of nitrogens with zero attached hydrogens (tertiary/aromatic N) is 2. The van der Waals surface area contributed by atoms with Crippen LogP contribution in [0.3, 0.4) is 0 Å². The first-order chi connectivity index (χ1) is 11.1. The Hall–Kier alpha value is -2.73. The molecule has 0 atom stereocenters. The minimum atomic E-state index is -0.689. The lowest BCUT2D eigenvalue weighted by Crippen LogP contribution is -2.24. The Morgan fingerprint density at radius 1 is 1.22 bits per heavy atom. The molecule has 1 aromatic heterocycles. The van der Waals surface area contributed by atoms with Crippen molar-refractivity contribution in [2.24, 2.45) is 0 Å². The second-order valence-electron chi connectivity index (χ2n) is 4.68. The topological polar surface area (TPSA) is 68.0 Å². The molecule has 3 rings (SSSR count). The fourth-order valence-corrected chi connectivity index (χ4v) is 2.11. The molecule has 116 valence electrons. The van der Waals surface area contributed by atoms with E-state index in [1.807, 2.05) is 30.3 Å². The molecule has 0 unspecified atom stereocenters. The first-order valence-electron chi connectivity index (χ1n) is 6.75. The molecule has 0 aliphatic carbocycles. The summed E-state index contributed by atoms with van der Waals surface area (Å²) in [6.07, 6.45) is 0. The summed E-state index contributed by atoms with van der Waals surface area (Å²) in [6.45, 7) is 0.000728. The quantitative estimate of drug-likeness (QED) is 0.795. The van der Waals surface area contributed by atoms with E-state index in [-0.39, 0.29) is 23.0 Å². The number of carbonyl (C=O) groups is 1. The average molecular weight is 332 g/mol. The van der Waals surface area contributed by atoms with Gasteiger partial charge in [-0.1, -0.05) is 47.1 Å². The maximum atomic E-state index is 13.7. The molecule has 0 aliphatic heterocycles. The number of hydrogen-bond acceptors (Lipinski definition) is 4. The zero-order valence-corrected chi connectivity index (χ0v) is 12.5. The van der Waals surface area contributed by atoms with Gasteiger partial charge in [-0.15, -0.1) is 0 Å². The number of rotatable bonds is 4. The molecule has 1 N–H and O–H groups in total. The summed E-state index contributed by atoms with van der Waals surface area (Å²) in [7, 11) is 0. The minimum absolute atomic E-state index is 0.000728. The lowest BCUT2D eigenvalue weighted by molar-refractivity contribution is 0.0942. The Morgan fingerprint density at radius 3 is 2.74 bits per heavy atom. The van der Waals surface area contributed by atoms with Crippen molar-refractivity contribution in [1.82, 2.24) is 15.5 Å². The normalized spacial score (nSPS) is 10.5. The van der Waals surface area contributed by atoms with Crippen LogP contribution in [0.25, 0.3) is 11.4 Å². The molecular formula is C16H11ClFN3O2. The molecular weight excluding hydrogens is 321 g/mol. The summed E-state index contributed by atoms with van der Waals surface area (Å²) >= 11 is 5.65. The van der Waals surface area contributed by atoms with E-state index < -0.39 is 11.7 Å². The van der Waals surface area contributed by atoms with Gasteiger partial charge in [-0.05, 0) is 18.2 Å². The molecule has 5 nitrogen and oxygen atoms in total. The van der Waals surface area contributed by atoms with Crippen molar-refractivity contribution < 1.29 is 13.7 Å². The maximum Gasteiger partial charge on any atom is 0.254 e. The molecule has 0 aliphatic rings. The van der Waals surface area contributed by atoms with E-state index in [4.69, 9.17) is 16.1 Å². The molecule has 0 bridgehead atoms. The molecule has 0 saturated carbocycles. The Labute approximate surface area is 136 Å². The van der Waals surface area contributed by atoms with E-state index in [1.165, 1.54) is 12.1 Å². The molecule has 1 amide bonds. The van der Waals surface area contributed by atoms with Gasteiger partial charge < -0.3 is 9.84 Å². The SMILES string of the molecule is O=C(NCc1nc(-c2ccccc2)no1)c1ccc(Cl)cc1F. The van der Waals surface area contributed by atoms with Gasteiger partial charge in [0.05, 0.1) is 12.1 Å². The van der Waals surface area contributed by atoms with E-state index in [0.717, 1.165) is 11.6 Å². The summed E-state index contributed by atoms with van der Waals surface area (Å²) in [4.78, 5) is 16.1. The number of nitrogens with one attached hydrogen (secondary N) is 1. The lowest BCUT2D eigenvalue weighted by atomic mass is 10.2. The van der Waals surface area contributed by atoms with Crippen molar-refractivity contribution >= 4 is 17.5 Å². The smallest absolute Gasteiger partial charge is 0.254 e. The van der Waals surface area contributed by atoms with Gasteiger partial charge in [-0.2, -0.15) is 4.98 Å². The van der Waals surface area contributed by atoms with Gasteiger partial charge in [0, 0.05) is 10.6 Å². The molecule has 0 spiro atoms. The van der Waals surface area contributed by atoms with Crippen LogP contribution in [0.4, 0.5) is 4.39 Å². The van der Waals surface area contributed by atoms with Gasteiger partial charge in [-0.3, -0.25) is 4.79 Å².